The molecule has 2 amide bonds. The largest absolute Gasteiger partial charge is 0.370 e. The summed E-state index contributed by atoms with van der Waals surface area (Å²) in [5, 5.41) is 7.40. The predicted molar refractivity (Wildman–Crippen MR) is 124 cm³/mol. The van der Waals surface area contributed by atoms with Crippen LogP contribution in [0, 0.1) is 17.0 Å². The number of benzene rings is 2. The lowest BCUT2D eigenvalue weighted by Gasteiger charge is -2.30. The minimum absolute atomic E-state index is 0.0178. The highest BCUT2D eigenvalue weighted by Crippen LogP contribution is 2.25. The molecule has 0 saturated heterocycles. The quantitative estimate of drug-likeness (QED) is 0.497. The van der Waals surface area contributed by atoms with Crippen molar-refractivity contribution in [2.24, 2.45) is 11.1 Å². The molecule has 1 heterocycles. The molecule has 0 fully saturated rings. The summed E-state index contributed by atoms with van der Waals surface area (Å²) >= 11 is 0. The first-order valence-corrected chi connectivity index (χ1v) is 11.0. The maximum absolute atomic E-state index is 14.7. The molecule has 0 saturated carbocycles. The van der Waals surface area contributed by atoms with Crippen molar-refractivity contribution in [3.8, 4) is 0 Å². The van der Waals surface area contributed by atoms with E-state index in [9.17, 15) is 23.2 Å². The summed E-state index contributed by atoms with van der Waals surface area (Å²) in [6.07, 6.45) is 0.449. The normalized spacial score (nSPS) is 12.5. The van der Waals surface area contributed by atoms with Crippen LogP contribution in [-0.2, 0) is 16.1 Å². The Morgan fingerprint density at radius 3 is 2.35 bits per heavy atom. The summed E-state index contributed by atoms with van der Waals surface area (Å²) < 4.78 is 29.4. The molecule has 0 spiro atoms. The second-order valence-electron chi connectivity index (χ2n) is 9.33. The van der Waals surface area contributed by atoms with E-state index in [1.165, 1.54) is 28.9 Å². The molecular formula is C25H28F2N4O3. The van der Waals surface area contributed by atoms with E-state index in [4.69, 9.17) is 5.73 Å². The lowest BCUT2D eigenvalue weighted by atomic mass is 9.82. The molecule has 34 heavy (non-hydrogen) atoms. The van der Waals surface area contributed by atoms with Gasteiger partial charge in [0.1, 0.15) is 17.2 Å². The number of para-hydroxylation sites is 1. The minimum atomic E-state index is -0.848. The third-order valence-electron chi connectivity index (χ3n) is 5.49. The fourth-order valence-corrected chi connectivity index (χ4v) is 3.80. The standard InChI is InChI=1S/C25H28F2N4O3/c1-25(2,3)23(19(32)8-5-9-20(28)33)29-24(34)21-17-6-4-7-18(27)22(17)31(30-21)14-15-10-12-16(26)13-11-15/h4,6-7,10-13,23H,5,8-9,14H2,1-3H3,(H2,28,33)(H,29,34)/t23-/m1/s1. The van der Waals surface area contributed by atoms with Crippen LogP contribution < -0.4 is 11.1 Å². The summed E-state index contributed by atoms with van der Waals surface area (Å²) in [7, 11) is 0. The van der Waals surface area contributed by atoms with Gasteiger partial charge in [-0.05, 0) is 35.6 Å². The van der Waals surface area contributed by atoms with Crippen molar-refractivity contribution in [1.82, 2.24) is 15.1 Å². The van der Waals surface area contributed by atoms with Gasteiger partial charge in [-0.2, -0.15) is 5.10 Å². The van der Waals surface area contributed by atoms with Gasteiger partial charge in [0.05, 0.1) is 12.6 Å². The number of primary amides is 1. The van der Waals surface area contributed by atoms with E-state index in [0.717, 1.165) is 0 Å². The monoisotopic (exact) mass is 470 g/mol. The number of halogens is 2. The molecule has 0 radical (unpaired) electrons. The van der Waals surface area contributed by atoms with Crippen LogP contribution in [0.3, 0.4) is 0 Å². The molecule has 0 aliphatic rings. The molecule has 0 unspecified atom stereocenters. The first-order chi connectivity index (χ1) is 16.0. The van der Waals surface area contributed by atoms with Crippen LogP contribution in [0.2, 0.25) is 0 Å². The van der Waals surface area contributed by atoms with Gasteiger partial charge >= 0.3 is 0 Å². The number of rotatable bonds is 9. The van der Waals surface area contributed by atoms with Gasteiger partial charge in [0.15, 0.2) is 11.5 Å². The lowest BCUT2D eigenvalue weighted by molar-refractivity contribution is -0.123. The molecule has 0 aliphatic carbocycles. The van der Waals surface area contributed by atoms with Gasteiger partial charge in [-0.3, -0.25) is 19.1 Å². The van der Waals surface area contributed by atoms with Gasteiger partial charge in [-0.15, -0.1) is 0 Å². The molecule has 9 heteroatoms. The summed E-state index contributed by atoms with van der Waals surface area (Å²) in [4.78, 5) is 37.1. The van der Waals surface area contributed by atoms with Crippen molar-refractivity contribution < 1.29 is 23.2 Å². The molecule has 3 N–H and O–H groups in total. The molecular weight excluding hydrogens is 442 g/mol. The van der Waals surface area contributed by atoms with Crippen LogP contribution in [0.1, 0.15) is 56.1 Å². The number of Topliss-reactive ketones (excluding diaryl/α,β-unsaturated/α-hetero) is 1. The number of amides is 2. The van der Waals surface area contributed by atoms with E-state index in [2.05, 4.69) is 10.4 Å². The number of aromatic nitrogens is 2. The van der Waals surface area contributed by atoms with Crippen molar-refractivity contribution in [2.45, 2.75) is 52.6 Å². The van der Waals surface area contributed by atoms with Crippen molar-refractivity contribution in [3.63, 3.8) is 0 Å². The zero-order valence-corrected chi connectivity index (χ0v) is 19.4. The predicted octanol–water partition coefficient (Wildman–Crippen LogP) is 3.73. The maximum Gasteiger partial charge on any atom is 0.273 e. The van der Waals surface area contributed by atoms with E-state index < -0.39 is 34.9 Å². The number of ketones is 1. The van der Waals surface area contributed by atoms with Gasteiger partial charge in [0.2, 0.25) is 5.91 Å². The Bertz CT molecular complexity index is 1210. The second-order valence-corrected chi connectivity index (χ2v) is 9.33. The average molecular weight is 471 g/mol. The molecule has 7 nitrogen and oxygen atoms in total. The van der Waals surface area contributed by atoms with E-state index in [1.54, 1.807) is 18.2 Å². The third-order valence-corrected chi connectivity index (χ3v) is 5.49. The van der Waals surface area contributed by atoms with Gasteiger partial charge in [-0.25, -0.2) is 8.78 Å². The Hall–Kier alpha value is -3.62. The average Bonchev–Trinajstić information content (AvgIpc) is 3.12. The fraction of sp³-hybridized carbons (Fsp3) is 0.360. The highest BCUT2D eigenvalue weighted by Gasteiger charge is 2.33. The van der Waals surface area contributed by atoms with Crippen LogP contribution >= 0.6 is 0 Å². The zero-order chi connectivity index (χ0) is 25.0. The Kier molecular flexibility index (Phi) is 7.44. The Morgan fingerprint density at radius 1 is 1.06 bits per heavy atom. The Labute approximate surface area is 196 Å². The summed E-state index contributed by atoms with van der Waals surface area (Å²) in [5.41, 5.74) is 5.33. The highest BCUT2D eigenvalue weighted by molar-refractivity contribution is 6.06. The molecule has 3 aromatic rings. The number of nitrogens with zero attached hydrogens (tertiary/aromatic N) is 2. The SMILES string of the molecule is CC(C)(C)[C@H](NC(=O)c1nn(Cc2ccc(F)cc2)c2c(F)cccc12)C(=O)CCCC(N)=O. The van der Waals surface area contributed by atoms with E-state index >= 15 is 0 Å². The molecule has 0 aliphatic heterocycles. The van der Waals surface area contributed by atoms with Gasteiger partial charge in [0, 0.05) is 18.2 Å². The van der Waals surface area contributed by atoms with Crippen molar-refractivity contribution in [3.05, 3.63) is 65.4 Å². The van der Waals surface area contributed by atoms with Crippen molar-refractivity contribution >= 4 is 28.5 Å². The topological polar surface area (TPSA) is 107 Å². The van der Waals surface area contributed by atoms with Crippen LogP contribution in [0.4, 0.5) is 8.78 Å². The molecule has 1 aromatic heterocycles. The molecule has 2 aromatic carbocycles. The second kappa shape index (κ2) is 10.1. The lowest BCUT2D eigenvalue weighted by Crippen LogP contribution is -2.49. The number of hydrogen-bond acceptors (Lipinski definition) is 4. The van der Waals surface area contributed by atoms with Gasteiger partial charge in [-0.1, -0.05) is 45.0 Å². The van der Waals surface area contributed by atoms with Crippen molar-refractivity contribution in [1.29, 1.82) is 0 Å². The highest BCUT2D eigenvalue weighted by atomic mass is 19.1. The maximum atomic E-state index is 14.7. The Morgan fingerprint density at radius 2 is 1.74 bits per heavy atom. The first kappa shape index (κ1) is 25.0. The zero-order valence-electron chi connectivity index (χ0n) is 19.4. The van der Waals surface area contributed by atoms with Crippen molar-refractivity contribution in [2.75, 3.05) is 0 Å². The Balaban J connectivity index is 1.91. The van der Waals surface area contributed by atoms with Crippen LogP contribution in [0.25, 0.3) is 10.9 Å². The molecule has 180 valence electrons. The number of carbonyl (C=O) groups excluding carboxylic acids is 3. The smallest absolute Gasteiger partial charge is 0.273 e. The van der Waals surface area contributed by atoms with E-state index in [0.29, 0.717) is 10.9 Å². The molecule has 0 bridgehead atoms. The summed E-state index contributed by atoms with van der Waals surface area (Å²) in [6, 6.07) is 9.20. The summed E-state index contributed by atoms with van der Waals surface area (Å²) in [6.45, 7) is 5.57. The van der Waals surface area contributed by atoms with E-state index in [-0.39, 0.29) is 42.8 Å². The van der Waals surface area contributed by atoms with Crippen LogP contribution in [0.15, 0.2) is 42.5 Å². The number of nitrogens with two attached hydrogens (primary N) is 1. The van der Waals surface area contributed by atoms with Crippen LogP contribution in [-0.4, -0.2) is 33.4 Å². The van der Waals surface area contributed by atoms with Gasteiger partial charge < -0.3 is 11.1 Å². The number of nitrogens with one attached hydrogen (secondary N) is 1. The number of carbonyl (C=O) groups is 3. The first-order valence-electron chi connectivity index (χ1n) is 11.0. The number of hydrogen-bond donors (Lipinski definition) is 2. The molecule has 1 atom stereocenters. The summed E-state index contributed by atoms with van der Waals surface area (Å²) in [5.74, 6) is -2.29. The van der Waals surface area contributed by atoms with E-state index in [1.807, 2.05) is 20.8 Å². The van der Waals surface area contributed by atoms with Gasteiger partial charge in [0.25, 0.3) is 5.91 Å². The van der Waals surface area contributed by atoms with Crippen LogP contribution in [0.5, 0.6) is 0 Å². The fourth-order valence-electron chi connectivity index (χ4n) is 3.80. The number of fused-ring (bicyclic) bond motifs is 1. The minimum Gasteiger partial charge on any atom is -0.370 e. The third kappa shape index (κ3) is 5.84. The molecule has 3 rings (SSSR count).